The Morgan fingerprint density at radius 2 is 1.86 bits per heavy atom. The van der Waals surface area contributed by atoms with Gasteiger partial charge < -0.3 is 14.5 Å². The molecular formula is C22H19N3O2S. The van der Waals surface area contributed by atoms with Crippen molar-refractivity contribution in [2.24, 2.45) is 0 Å². The van der Waals surface area contributed by atoms with Crippen molar-refractivity contribution in [2.75, 3.05) is 12.4 Å². The van der Waals surface area contributed by atoms with Gasteiger partial charge in [0.2, 0.25) is 0 Å². The number of benzene rings is 2. The van der Waals surface area contributed by atoms with Gasteiger partial charge >= 0.3 is 0 Å². The van der Waals surface area contributed by atoms with E-state index in [9.17, 15) is 4.79 Å². The third-order valence-electron chi connectivity index (χ3n) is 4.27. The molecule has 0 saturated heterocycles. The number of amides is 1. The molecule has 0 spiro atoms. The number of anilines is 1. The van der Waals surface area contributed by atoms with Crippen molar-refractivity contribution in [3.05, 3.63) is 90.4 Å². The van der Waals surface area contributed by atoms with E-state index in [0.29, 0.717) is 11.3 Å². The van der Waals surface area contributed by atoms with Crippen molar-refractivity contribution in [2.45, 2.75) is 10.6 Å². The second-order valence-corrected chi connectivity index (χ2v) is 7.18. The number of fused-ring (bicyclic) bond motifs is 1. The van der Waals surface area contributed by atoms with Crippen LogP contribution in [-0.2, 0) is 5.75 Å². The number of thioether (sulfide) groups is 1. The summed E-state index contributed by atoms with van der Waals surface area (Å²) in [6, 6.07) is 20.8. The monoisotopic (exact) mass is 389 g/mol. The van der Waals surface area contributed by atoms with E-state index < -0.39 is 0 Å². The summed E-state index contributed by atoms with van der Waals surface area (Å²) in [5, 5.41) is 2.94. The molecule has 4 rings (SSSR count). The van der Waals surface area contributed by atoms with Gasteiger partial charge in [-0.1, -0.05) is 18.2 Å². The summed E-state index contributed by atoms with van der Waals surface area (Å²) in [5.41, 5.74) is 3.27. The van der Waals surface area contributed by atoms with Gasteiger partial charge in [0.25, 0.3) is 5.91 Å². The summed E-state index contributed by atoms with van der Waals surface area (Å²) in [4.78, 5) is 18.3. The van der Waals surface area contributed by atoms with Gasteiger partial charge in [0.15, 0.2) is 0 Å². The van der Waals surface area contributed by atoms with Crippen LogP contribution in [0.15, 0.2) is 84.0 Å². The average Bonchev–Trinajstić information content (AvgIpc) is 3.16. The van der Waals surface area contributed by atoms with Crippen LogP contribution in [0.25, 0.3) is 5.65 Å². The fourth-order valence-corrected chi connectivity index (χ4v) is 3.79. The highest BCUT2D eigenvalue weighted by atomic mass is 32.2. The minimum atomic E-state index is -0.136. The molecule has 0 fully saturated rings. The number of rotatable bonds is 6. The fourth-order valence-electron chi connectivity index (χ4n) is 2.86. The zero-order valence-electron chi connectivity index (χ0n) is 15.3. The van der Waals surface area contributed by atoms with Crippen molar-refractivity contribution in [3.8, 4) is 5.75 Å². The van der Waals surface area contributed by atoms with Crippen molar-refractivity contribution >= 4 is 29.0 Å². The molecule has 2 aromatic carbocycles. The standard InChI is InChI=1S/C22H19N3O2S/c1-27-18-11-9-16(10-12-18)24-22(26)19-6-2-3-7-20(19)28-15-17-14-25-13-5-4-8-21(25)23-17/h2-14H,15H2,1H3,(H,24,26). The second kappa shape index (κ2) is 8.19. The zero-order chi connectivity index (χ0) is 19.3. The molecule has 0 aliphatic heterocycles. The molecule has 1 N–H and O–H groups in total. The van der Waals surface area contributed by atoms with Gasteiger partial charge in [-0.3, -0.25) is 4.79 Å². The number of nitrogens with zero attached hydrogens (tertiary/aromatic N) is 2. The van der Waals surface area contributed by atoms with Crippen LogP contribution in [-0.4, -0.2) is 22.4 Å². The molecule has 140 valence electrons. The lowest BCUT2D eigenvalue weighted by atomic mass is 10.2. The van der Waals surface area contributed by atoms with E-state index in [0.717, 1.165) is 27.7 Å². The maximum Gasteiger partial charge on any atom is 0.256 e. The topological polar surface area (TPSA) is 55.6 Å². The predicted octanol–water partition coefficient (Wildman–Crippen LogP) is 4.89. The number of nitrogens with one attached hydrogen (secondary N) is 1. The number of hydrogen-bond acceptors (Lipinski definition) is 4. The van der Waals surface area contributed by atoms with Gasteiger partial charge in [0, 0.05) is 28.7 Å². The van der Waals surface area contributed by atoms with Gasteiger partial charge in [0.1, 0.15) is 11.4 Å². The highest BCUT2D eigenvalue weighted by Gasteiger charge is 2.12. The molecule has 1 amide bonds. The van der Waals surface area contributed by atoms with Crippen molar-refractivity contribution in [3.63, 3.8) is 0 Å². The Morgan fingerprint density at radius 1 is 1.07 bits per heavy atom. The summed E-state index contributed by atoms with van der Waals surface area (Å²) in [7, 11) is 1.62. The number of pyridine rings is 1. The molecule has 28 heavy (non-hydrogen) atoms. The normalized spacial score (nSPS) is 10.8. The summed E-state index contributed by atoms with van der Waals surface area (Å²) in [5.74, 6) is 1.30. The van der Waals surface area contributed by atoms with Crippen LogP contribution < -0.4 is 10.1 Å². The number of aromatic nitrogens is 2. The number of imidazole rings is 1. The molecule has 0 aliphatic carbocycles. The molecule has 2 heterocycles. The molecular weight excluding hydrogens is 370 g/mol. The van der Waals surface area contributed by atoms with E-state index in [2.05, 4.69) is 10.3 Å². The number of methoxy groups -OCH3 is 1. The first kappa shape index (κ1) is 18.1. The minimum Gasteiger partial charge on any atom is -0.497 e. The SMILES string of the molecule is COc1ccc(NC(=O)c2ccccc2SCc2cn3ccccc3n2)cc1. The van der Waals surface area contributed by atoms with E-state index in [1.165, 1.54) is 0 Å². The first-order valence-electron chi connectivity index (χ1n) is 8.83. The number of ether oxygens (including phenoxy) is 1. The third-order valence-corrected chi connectivity index (χ3v) is 5.38. The summed E-state index contributed by atoms with van der Waals surface area (Å²) >= 11 is 1.60. The molecule has 0 saturated carbocycles. The average molecular weight is 389 g/mol. The molecule has 0 atom stereocenters. The second-order valence-electron chi connectivity index (χ2n) is 6.17. The number of carbonyl (C=O) groups is 1. The maximum atomic E-state index is 12.8. The Kier molecular flexibility index (Phi) is 5.30. The van der Waals surface area contributed by atoms with Crippen LogP contribution in [0.5, 0.6) is 5.75 Å². The lowest BCUT2D eigenvalue weighted by Gasteiger charge is -2.10. The third kappa shape index (κ3) is 4.02. The van der Waals surface area contributed by atoms with Gasteiger partial charge in [-0.05, 0) is 48.5 Å². The first-order valence-corrected chi connectivity index (χ1v) is 9.81. The van der Waals surface area contributed by atoms with Gasteiger partial charge in [0.05, 0.1) is 18.4 Å². The molecule has 4 aromatic rings. The van der Waals surface area contributed by atoms with Crippen molar-refractivity contribution in [1.82, 2.24) is 9.38 Å². The van der Waals surface area contributed by atoms with Crippen LogP contribution >= 0.6 is 11.8 Å². The Bertz CT molecular complexity index is 1070. The summed E-state index contributed by atoms with van der Waals surface area (Å²) < 4.78 is 7.15. The maximum absolute atomic E-state index is 12.8. The molecule has 6 heteroatoms. The summed E-state index contributed by atoms with van der Waals surface area (Å²) in [6.07, 6.45) is 4.00. The zero-order valence-corrected chi connectivity index (χ0v) is 16.1. The van der Waals surface area contributed by atoms with E-state index in [1.54, 1.807) is 18.9 Å². The highest BCUT2D eigenvalue weighted by Crippen LogP contribution is 2.27. The Labute approximate surface area is 167 Å². The quantitative estimate of drug-likeness (QED) is 0.477. The highest BCUT2D eigenvalue weighted by molar-refractivity contribution is 7.98. The van der Waals surface area contributed by atoms with E-state index in [4.69, 9.17) is 4.74 Å². The molecule has 0 aliphatic rings. The Balaban J connectivity index is 1.48. The van der Waals surface area contributed by atoms with Crippen LogP contribution in [0.4, 0.5) is 5.69 Å². The van der Waals surface area contributed by atoms with Crippen LogP contribution in [0.3, 0.4) is 0 Å². The van der Waals surface area contributed by atoms with Gasteiger partial charge in [-0.25, -0.2) is 4.98 Å². The molecule has 0 bridgehead atoms. The van der Waals surface area contributed by atoms with Crippen molar-refractivity contribution < 1.29 is 9.53 Å². The number of carbonyl (C=O) groups excluding carboxylic acids is 1. The smallest absolute Gasteiger partial charge is 0.256 e. The van der Waals surface area contributed by atoms with Gasteiger partial charge in [-0.15, -0.1) is 11.8 Å². The molecule has 0 radical (unpaired) electrons. The molecule has 2 aromatic heterocycles. The summed E-state index contributed by atoms with van der Waals surface area (Å²) in [6.45, 7) is 0. The van der Waals surface area contributed by atoms with Crippen LogP contribution in [0.1, 0.15) is 16.1 Å². The predicted molar refractivity (Wildman–Crippen MR) is 112 cm³/mol. The van der Waals surface area contributed by atoms with E-state index in [-0.39, 0.29) is 5.91 Å². The van der Waals surface area contributed by atoms with Crippen LogP contribution in [0.2, 0.25) is 0 Å². The van der Waals surface area contributed by atoms with E-state index in [1.807, 2.05) is 83.5 Å². The fraction of sp³-hybridized carbons (Fsp3) is 0.0909. The molecule has 5 nitrogen and oxygen atoms in total. The van der Waals surface area contributed by atoms with Gasteiger partial charge in [-0.2, -0.15) is 0 Å². The van der Waals surface area contributed by atoms with Crippen molar-refractivity contribution in [1.29, 1.82) is 0 Å². The lowest BCUT2D eigenvalue weighted by molar-refractivity contribution is 0.102. The lowest BCUT2D eigenvalue weighted by Crippen LogP contribution is -2.12. The van der Waals surface area contributed by atoms with Crippen LogP contribution in [0, 0.1) is 0 Å². The first-order chi connectivity index (χ1) is 13.7. The minimum absolute atomic E-state index is 0.136. The Hall–Kier alpha value is -3.25. The largest absolute Gasteiger partial charge is 0.497 e. The number of hydrogen-bond donors (Lipinski definition) is 1. The Morgan fingerprint density at radius 3 is 2.64 bits per heavy atom. The molecule has 0 unspecified atom stereocenters. The van der Waals surface area contributed by atoms with E-state index >= 15 is 0 Å².